The van der Waals surface area contributed by atoms with Crippen LogP contribution in [0, 0.1) is 0 Å². The van der Waals surface area contributed by atoms with E-state index in [1.165, 1.54) is 5.56 Å². The largest absolute Gasteiger partial charge is 0.378 e. The van der Waals surface area contributed by atoms with Crippen LogP contribution in [0.1, 0.15) is 48.8 Å². The van der Waals surface area contributed by atoms with Crippen molar-refractivity contribution in [2.75, 3.05) is 26.3 Å². The predicted octanol–water partition coefficient (Wildman–Crippen LogP) is 3.99. The van der Waals surface area contributed by atoms with E-state index < -0.39 is 9.84 Å². The Labute approximate surface area is 200 Å². The van der Waals surface area contributed by atoms with Crippen molar-refractivity contribution in [1.82, 2.24) is 14.7 Å². The molecule has 1 fully saturated rings. The standard InChI is InChI=1S/C26H29N3O4S/c1-4-26(2,3)18-9-11-19(12-10-18)29-24-20-7-5-6-8-22(20)34(31,32)17-21(24)23(27-29)25(30)28-13-15-33-16-14-28/h5-12H,4,13-17H2,1-3H3. The smallest absolute Gasteiger partial charge is 0.274 e. The van der Waals surface area contributed by atoms with Crippen LogP contribution in [0.3, 0.4) is 0 Å². The molecule has 0 saturated carbocycles. The molecule has 0 N–H and O–H groups in total. The van der Waals surface area contributed by atoms with Crippen LogP contribution in [-0.2, 0) is 25.7 Å². The predicted molar refractivity (Wildman–Crippen MR) is 130 cm³/mol. The molecule has 1 saturated heterocycles. The summed E-state index contributed by atoms with van der Waals surface area (Å²) in [6.45, 7) is 8.43. The molecule has 34 heavy (non-hydrogen) atoms. The van der Waals surface area contributed by atoms with Crippen LogP contribution in [0.2, 0.25) is 0 Å². The summed E-state index contributed by atoms with van der Waals surface area (Å²) in [6.07, 6.45) is 1.01. The molecule has 178 valence electrons. The maximum Gasteiger partial charge on any atom is 0.274 e. The SMILES string of the molecule is CCC(C)(C)c1ccc(-n2nc(C(=O)N3CCOCC3)c3c2-c2ccccc2S(=O)(=O)C3)cc1. The van der Waals surface area contributed by atoms with Crippen molar-refractivity contribution in [3.8, 4) is 16.9 Å². The summed E-state index contributed by atoms with van der Waals surface area (Å²) in [4.78, 5) is 15.4. The topological polar surface area (TPSA) is 81.5 Å². The summed E-state index contributed by atoms with van der Waals surface area (Å²) >= 11 is 0. The minimum Gasteiger partial charge on any atom is -0.378 e. The molecule has 0 aliphatic carbocycles. The Hall–Kier alpha value is -2.97. The molecule has 3 aromatic rings. The van der Waals surface area contributed by atoms with Crippen molar-refractivity contribution in [3.05, 3.63) is 65.4 Å². The zero-order valence-corrected chi connectivity index (χ0v) is 20.6. The zero-order valence-electron chi connectivity index (χ0n) is 19.7. The number of ether oxygens (including phenoxy) is 1. The Morgan fingerprint density at radius 2 is 1.74 bits per heavy atom. The first kappa shape index (κ1) is 22.8. The Morgan fingerprint density at radius 3 is 2.41 bits per heavy atom. The molecular weight excluding hydrogens is 450 g/mol. The van der Waals surface area contributed by atoms with Gasteiger partial charge in [-0.2, -0.15) is 5.10 Å². The van der Waals surface area contributed by atoms with Crippen LogP contribution in [0.4, 0.5) is 0 Å². The lowest BCUT2D eigenvalue weighted by Crippen LogP contribution is -2.41. The van der Waals surface area contributed by atoms with Gasteiger partial charge in [0.1, 0.15) is 0 Å². The number of benzene rings is 2. The van der Waals surface area contributed by atoms with E-state index in [0.29, 0.717) is 43.1 Å². The second kappa shape index (κ2) is 8.36. The summed E-state index contributed by atoms with van der Waals surface area (Å²) in [6, 6.07) is 15.1. The molecule has 0 spiro atoms. The fourth-order valence-corrected chi connectivity index (χ4v) is 6.19. The van der Waals surface area contributed by atoms with Crippen LogP contribution in [-0.4, -0.2) is 55.3 Å². The number of amides is 1. The summed E-state index contributed by atoms with van der Waals surface area (Å²) in [5.74, 6) is -0.497. The lowest BCUT2D eigenvalue weighted by molar-refractivity contribution is 0.0298. The van der Waals surface area contributed by atoms with Gasteiger partial charge in [0.25, 0.3) is 5.91 Å². The molecule has 7 nitrogen and oxygen atoms in total. The number of rotatable bonds is 4. The van der Waals surface area contributed by atoms with Gasteiger partial charge in [0.15, 0.2) is 15.5 Å². The number of hydrogen-bond acceptors (Lipinski definition) is 5. The van der Waals surface area contributed by atoms with Crippen molar-refractivity contribution >= 4 is 15.7 Å². The highest BCUT2D eigenvalue weighted by Gasteiger charge is 2.37. The van der Waals surface area contributed by atoms with Gasteiger partial charge in [0, 0.05) is 24.2 Å². The summed E-state index contributed by atoms with van der Waals surface area (Å²) < 4.78 is 33.4. The minimum atomic E-state index is -3.59. The van der Waals surface area contributed by atoms with Crippen LogP contribution in [0.15, 0.2) is 53.4 Å². The van der Waals surface area contributed by atoms with Crippen LogP contribution >= 0.6 is 0 Å². The van der Waals surface area contributed by atoms with E-state index in [2.05, 4.69) is 32.9 Å². The highest BCUT2D eigenvalue weighted by Crippen LogP contribution is 2.41. The minimum absolute atomic E-state index is 0.0419. The van der Waals surface area contributed by atoms with E-state index in [0.717, 1.165) is 12.1 Å². The van der Waals surface area contributed by atoms with E-state index >= 15 is 0 Å². The quantitative estimate of drug-likeness (QED) is 0.565. The monoisotopic (exact) mass is 479 g/mol. The first-order chi connectivity index (χ1) is 16.2. The number of nitrogens with zero attached hydrogens (tertiary/aromatic N) is 3. The average molecular weight is 480 g/mol. The van der Waals surface area contributed by atoms with Crippen LogP contribution in [0.25, 0.3) is 16.9 Å². The zero-order chi connectivity index (χ0) is 24.1. The Morgan fingerprint density at radius 1 is 1.06 bits per heavy atom. The number of carbonyl (C=O) groups is 1. The van der Waals surface area contributed by atoms with Gasteiger partial charge in [0.2, 0.25) is 0 Å². The number of carbonyl (C=O) groups excluding carboxylic acids is 1. The average Bonchev–Trinajstić information content (AvgIpc) is 3.23. The van der Waals surface area contributed by atoms with Gasteiger partial charge in [-0.15, -0.1) is 0 Å². The molecule has 0 atom stereocenters. The molecule has 8 heteroatoms. The van der Waals surface area contributed by atoms with Gasteiger partial charge in [-0.25, -0.2) is 13.1 Å². The van der Waals surface area contributed by atoms with E-state index in [4.69, 9.17) is 9.84 Å². The molecule has 2 aliphatic heterocycles. The number of morpholine rings is 1. The van der Waals surface area contributed by atoms with Crippen LogP contribution in [0.5, 0.6) is 0 Å². The first-order valence-electron chi connectivity index (χ1n) is 11.6. The third kappa shape index (κ3) is 3.75. The lowest BCUT2D eigenvalue weighted by Gasteiger charge is -2.26. The molecular formula is C26H29N3O4S. The van der Waals surface area contributed by atoms with Crippen molar-refractivity contribution in [3.63, 3.8) is 0 Å². The molecule has 2 aromatic carbocycles. The molecule has 0 radical (unpaired) electrons. The summed E-state index contributed by atoms with van der Waals surface area (Å²) in [5, 5.41) is 4.73. The highest BCUT2D eigenvalue weighted by atomic mass is 32.2. The fraction of sp³-hybridized carbons (Fsp3) is 0.385. The molecule has 0 unspecified atom stereocenters. The van der Waals surface area contributed by atoms with Gasteiger partial charge < -0.3 is 9.64 Å². The molecule has 2 aliphatic rings. The molecule has 0 bridgehead atoms. The molecule has 1 amide bonds. The summed E-state index contributed by atoms with van der Waals surface area (Å²) in [7, 11) is -3.59. The molecule has 3 heterocycles. The van der Waals surface area contributed by atoms with Gasteiger partial charge in [-0.3, -0.25) is 4.79 Å². The first-order valence-corrected chi connectivity index (χ1v) is 13.3. The van der Waals surface area contributed by atoms with Crippen LogP contribution < -0.4 is 0 Å². The number of fused-ring (bicyclic) bond motifs is 3. The normalized spacial score (nSPS) is 17.2. The second-order valence-corrected chi connectivity index (χ2v) is 11.5. The van der Waals surface area contributed by atoms with E-state index in [-0.39, 0.29) is 27.7 Å². The van der Waals surface area contributed by atoms with E-state index in [1.54, 1.807) is 27.8 Å². The Balaban J connectivity index is 1.69. The lowest BCUT2D eigenvalue weighted by atomic mass is 9.82. The maximum absolute atomic E-state index is 13.5. The summed E-state index contributed by atoms with van der Waals surface area (Å²) in [5.41, 5.74) is 3.97. The highest BCUT2D eigenvalue weighted by molar-refractivity contribution is 7.90. The molecule has 1 aromatic heterocycles. The van der Waals surface area contributed by atoms with Crippen molar-refractivity contribution in [2.24, 2.45) is 0 Å². The van der Waals surface area contributed by atoms with Gasteiger partial charge in [-0.05, 0) is 35.6 Å². The van der Waals surface area contributed by atoms with Gasteiger partial charge >= 0.3 is 0 Å². The third-order valence-electron chi connectivity index (χ3n) is 7.07. The number of sulfone groups is 1. The van der Waals surface area contributed by atoms with Crippen molar-refractivity contribution < 1.29 is 17.9 Å². The van der Waals surface area contributed by atoms with Crippen molar-refractivity contribution in [2.45, 2.75) is 43.3 Å². The third-order valence-corrected chi connectivity index (χ3v) is 8.77. The Kier molecular flexibility index (Phi) is 5.61. The second-order valence-electron chi connectivity index (χ2n) is 9.53. The maximum atomic E-state index is 13.5. The van der Waals surface area contributed by atoms with Gasteiger partial charge in [-0.1, -0.05) is 51.1 Å². The fourth-order valence-electron chi connectivity index (χ4n) is 4.60. The number of hydrogen-bond donors (Lipinski definition) is 0. The number of aromatic nitrogens is 2. The van der Waals surface area contributed by atoms with Gasteiger partial charge in [0.05, 0.1) is 35.2 Å². The molecule has 5 rings (SSSR count). The van der Waals surface area contributed by atoms with E-state index in [1.807, 2.05) is 18.2 Å². The Bertz CT molecular complexity index is 1350. The van der Waals surface area contributed by atoms with E-state index in [9.17, 15) is 13.2 Å². The van der Waals surface area contributed by atoms with Crippen molar-refractivity contribution in [1.29, 1.82) is 0 Å².